The summed E-state index contributed by atoms with van der Waals surface area (Å²) in [6.07, 6.45) is 1.09. The van der Waals surface area contributed by atoms with E-state index in [9.17, 15) is 19.2 Å². The summed E-state index contributed by atoms with van der Waals surface area (Å²) in [4.78, 5) is 53.9. The number of hydrogen-bond donors (Lipinski definition) is 1. The lowest BCUT2D eigenvalue weighted by molar-refractivity contribution is -0.140. The van der Waals surface area contributed by atoms with Crippen molar-refractivity contribution in [2.24, 2.45) is 0 Å². The molecule has 3 rings (SSSR count). The molecule has 1 heterocycles. The second-order valence-corrected chi connectivity index (χ2v) is 9.65. The van der Waals surface area contributed by atoms with E-state index >= 15 is 0 Å². The molecule has 0 unspecified atom stereocenters. The maximum absolute atomic E-state index is 13.2. The largest absolute Gasteiger partial charge is 0.350 e. The Morgan fingerprint density at radius 3 is 2.06 bits per heavy atom. The molecular weight excluding hydrogens is 430 g/mol. The summed E-state index contributed by atoms with van der Waals surface area (Å²) in [5.74, 6) is -1.04. The summed E-state index contributed by atoms with van der Waals surface area (Å²) in [5.41, 5.74) is 1.46. The van der Waals surface area contributed by atoms with E-state index in [1.54, 1.807) is 36.1 Å². The van der Waals surface area contributed by atoms with Crippen LogP contribution in [0.5, 0.6) is 0 Å². The molecule has 0 spiro atoms. The lowest BCUT2D eigenvalue weighted by atomic mass is 10.1. The number of fused-ring (bicyclic) bond motifs is 1. The molecule has 1 aliphatic heterocycles. The number of hydrogen-bond acceptors (Lipinski definition) is 4. The first-order valence-electron chi connectivity index (χ1n) is 11.7. The fourth-order valence-corrected chi connectivity index (χ4v) is 4.02. The molecule has 0 saturated carbocycles. The van der Waals surface area contributed by atoms with Crippen LogP contribution in [0.15, 0.2) is 54.6 Å². The first-order valence-corrected chi connectivity index (χ1v) is 11.7. The minimum atomic E-state index is -0.644. The quantitative estimate of drug-likeness (QED) is 0.577. The molecule has 0 radical (unpaired) electrons. The normalized spacial score (nSPS) is 14.1. The highest BCUT2D eigenvalue weighted by atomic mass is 16.2. The van der Waals surface area contributed by atoms with Crippen LogP contribution in [0.4, 0.5) is 0 Å². The van der Waals surface area contributed by atoms with Crippen molar-refractivity contribution < 1.29 is 19.2 Å². The average molecular weight is 464 g/mol. The first kappa shape index (κ1) is 25.1. The van der Waals surface area contributed by atoms with Crippen molar-refractivity contribution in [3.8, 4) is 0 Å². The van der Waals surface area contributed by atoms with Gasteiger partial charge in [-0.3, -0.25) is 24.1 Å². The zero-order valence-corrected chi connectivity index (χ0v) is 20.3. The van der Waals surface area contributed by atoms with Gasteiger partial charge in [-0.2, -0.15) is 0 Å². The predicted octanol–water partition coefficient (Wildman–Crippen LogP) is 3.44. The van der Waals surface area contributed by atoms with Crippen molar-refractivity contribution in [3.63, 3.8) is 0 Å². The fraction of sp³-hybridized carbons (Fsp3) is 0.407. The van der Waals surface area contributed by atoms with Crippen molar-refractivity contribution in [2.45, 2.75) is 58.5 Å². The lowest BCUT2D eigenvalue weighted by Gasteiger charge is -2.31. The van der Waals surface area contributed by atoms with Gasteiger partial charge in [-0.15, -0.1) is 0 Å². The van der Waals surface area contributed by atoms with Gasteiger partial charge in [0.15, 0.2) is 0 Å². The Morgan fingerprint density at radius 2 is 1.50 bits per heavy atom. The Kier molecular flexibility index (Phi) is 7.87. The monoisotopic (exact) mass is 463 g/mol. The Bertz CT molecular complexity index is 1020. The molecule has 0 aliphatic carbocycles. The summed E-state index contributed by atoms with van der Waals surface area (Å²) < 4.78 is 0. The number of nitrogens with one attached hydrogen (secondary N) is 1. The Morgan fingerprint density at radius 1 is 0.941 bits per heavy atom. The maximum Gasteiger partial charge on any atom is 0.261 e. The molecule has 180 valence electrons. The zero-order valence-electron chi connectivity index (χ0n) is 20.3. The average Bonchev–Trinajstić information content (AvgIpc) is 3.03. The number of nitrogens with zero attached hydrogens (tertiary/aromatic N) is 2. The van der Waals surface area contributed by atoms with Gasteiger partial charge in [-0.05, 0) is 58.2 Å². The van der Waals surface area contributed by atoms with Gasteiger partial charge >= 0.3 is 0 Å². The molecule has 0 saturated heterocycles. The van der Waals surface area contributed by atoms with Gasteiger partial charge in [0, 0.05) is 25.0 Å². The third-order valence-corrected chi connectivity index (χ3v) is 5.80. The van der Waals surface area contributed by atoms with Crippen molar-refractivity contribution in [3.05, 3.63) is 71.3 Å². The number of carbonyl (C=O) groups is 4. The summed E-state index contributed by atoms with van der Waals surface area (Å²) >= 11 is 0. The van der Waals surface area contributed by atoms with Crippen LogP contribution in [0.25, 0.3) is 0 Å². The van der Waals surface area contributed by atoms with Crippen LogP contribution in [0.3, 0.4) is 0 Å². The van der Waals surface area contributed by atoms with Gasteiger partial charge in [-0.25, -0.2) is 0 Å². The third-order valence-electron chi connectivity index (χ3n) is 5.80. The topological polar surface area (TPSA) is 86.8 Å². The minimum Gasteiger partial charge on any atom is -0.350 e. The van der Waals surface area contributed by atoms with Gasteiger partial charge in [0.2, 0.25) is 11.8 Å². The molecule has 1 atom stereocenters. The second-order valence-electron chi connectivity index (χ2n) is 9.65. The van der Waals surface area contributed by atoms with Crippen molar-refractivity contribution in [1.29, 1.82) is 0 Å². The van der Waals surface area contributed by atoms with Crippen LogP contribution < -0.4 is 5.32 Å². The summed E-state index contributed by atoms with van der Waals surface area (Å²) in [7, 11) is 0. The van der Waals surface area contributed by atoms with E-state index in [0.29, 0.717) is 30.5 Å². The maximum atomic E-state index is 13.2. The van der Waals surface area contributed by atoms with E-state index in [1.807, 2.05) is 51.1 Å². The van der Waals surface area contributed by atoms with E-state index in [1.165, 1.54) is 4.90 Å². The Hall–Kier alpha value is -3.48. The van der Waals surface area contributed by atoms with Crippen LogP contribution >= 0.6 is 0 Å². The highest BCUT2D eigenvalue weighted by Gasteiger charge is 2.35. The van der Waals surface area contributed by atoms with Crippen LogP contribution in [0.2, 0.25) is 0 Å². The molecule has 7 heteroatoms. The van der Waals surface area contributed by atoms with E-state index in [-0.39, 0.29) is 36.6 Å². The molecule has 2 aromatic carbocycles. The molecular formula is C27H33N3O4. The molecule has 4 amide bonds. The van der Waals surface area contributed by atoms with Crippen LogP contribution in [-0.4, -0.2) is 58.1 Å². The smallest absolute Gasteiger partial charge is 0.261 e. The van der Waals surface area contributed by atoms with Crippen LogP contribution in [0.1, 0.15) is 66.8 Å². The molecule has 2 aromatic rings. The highest BCUT2D eigenvalue weighted by molar-refractivity contribution is 6.21. The van der Waals surface area contributed by atoms with Gasteiger partial charge in [-0.1, -0.05) is 42.5 Å². The Labute approximate surface area is 201 Å². The highest BCUT2D eigenvalue weighted by Crippen LogP contribution is 2.23. The van der Waals surface area contributed by atoms with Crippen molar-refractivity contribution in [1.82, 2.24) is 15.1 Å². The first-order chi connectivity index (χ1) is 16.1. The molecule has 34 heavy (non-hydrogen) atoms. The molecule has 7 nitrogen and oxygen atoms in total. The van der Waals surface area contributed by atoms with Crippen molar-refractivity contribution in [2.75, 3.05) is 13.1 Å². The molecule has 0 aromatic heterocycles. The van der Waals surface area contributed by atoms with E-state index in [0.717, 1.165) is 5.56 Å². The van der Waals surface area contributed by atoms with Crippen LogP contribution in [-0.2, 0) is 16.0 Å². The van der Waals surface area contributed by atoms with Gasteiger partial charge in [0.1, 0.15) is 6.04 Å². The third kappa shape index (κ3) is 6.10. The fourth-order valence-electron chi connectivity index (χ4n) is 4.02. The number of carbonyl (C=O) groups excluding carboxylic acids is 4. The van der Waals surface area contributed by atoms with E-state index in [4.69, 9.17) is 0 Å². The lowest BCUT2D eigenvalue weighted by Crippen LogP contribution is -2.53. The van der Waals surface area contributed by atoms with E-state index in [2.05, 4.69) is 5.32 Å². The number of amides is 4. The minimum absolute atomic E-state index is 0.134. The molecule has 1 N–H and O–H groups in total. The van der Waals surface area contributed by atoms with Gasteiger partial charge in [0.25, 0.3) is 11.8 Å². The van der Waals surface area contributed by atoms with Gasteiger partial charge in [0.05, 0.1) is 11.1 Å². The van der Waals surface area contributed by atoms with Crippen molar-refractivity contribution >= 4 is 23.6 Å². The molecule has 1 aliphatic rings. The SMILES string of the molecule is C[C@@H](C(=O)NC(C)(C)C)N(CCc1ccccc1)C(=O)CCCN1C(=O)c2ccccc2C1=O. The number of rotatable bonds is 9. The zero-order chi connectivity index (χ0) is 24.9. The Balaban J connectivity index is 1.64. The number of imide groups is 1. The summed E-state index contributed by atoms with van der Waals surface area (Å²) in [5, 5.41) is 2.94. The van der Waals surface area contributed by atoms with Crippen LogP contribution in [0, 0.1) is 0 Å². The number of benzene rings is 2. The standard InChI is InChI=1S/C27H33N3O4/c1-19(24(32)28-27(2,3)4)29(18-16-20-11-6-5-7-12-20)23(31)15-10-17-30-25(33)21-13-8-9-14-22(21)26(30)34/h5-9,11-14,19H,10,15-18H2,1-4H3,(H,28,32)/t19-/m0/s1. The molecule has 0 bridgehead atoms. The second kappa shape index (κ2) is 10.6. The molecule has 0 fully saturated rings. The summed E-state index contributed by atoms with van der Waals surface area (Å²) in [6, 6.07) is 15.9. The van der Waals surface area contributed by atoms with E-state index < -0.39 is 11.6 Å². The van der Waals surface area contributed by atoms with Gasteiger partial charge < -0.3 is 10.2 Å². The summed E-state index contributed by atoms with van der Waals surface area (Å²) in [6.45, 7) is 7.98. The predicted molar refractivity (Wildman–Crippen MR) is 130 cm³/mol.